The topological polar surface area (TPSA) is 62.6 Å². The van der Waals surface area contributed by atoms with Gasteiger partial charge >= 0.3 is 7.12 Å². The monoisotopic (exact) mass is 320 g/mol. The molecule has 3 heterocycles. The largest absolute Gasteiger partial charge is 0.499 e. The van der Waals surface area contributed by atoms with Crippen molar-refractivity contribution in [2.75, 3.05) is 6.61 Å². The second kappa shape index (κ2) is 5.72. The average Bonchev–Trinajstić information content (AvgIpc) is 2.93. The Kier molecular flexibility index (Phi) is 4.15. The van der Waals surface area contributed by atoms with Crippen molar-refractivity contribution < 1.29 is 18.8 Å². The Morgan fingerprint density at radius 3 is 2.39 bits per heavy atom. The molecule has 0 amide bonds. The molecule has 0 bridgehead atoms. The number of carbonyl (C=O) groups is 1. The van der Waals surface area contributed by atoms with Crippen LogP contribution in [0.5, 0.6) is 0 Å². The van der Waals surface area contributed by atoms with Crippen molar-refractivity contribution in [1.82, 2.24) is 9.78 Å². The van der Waals surface area contributed by atoms with Crippen LogP contribution in [0.2, 0.25) is 0 Å². The number of aryl methyl sites for hydroxylation is 1. The second-order valence-corrected chi connectivity index (χ2v) is 7.36. The fourth-order valence-electron chi connectivity index (χ4n) is 3.08. The number of carbonyl (C=O) groups excluding carboxylic acids is 1. The zero-order valence-electron chi connectivity index (χ0n) is 14.6. The summed E-state index contributed by atoms with van der Waals surface area (Å²) in [5, 5.41) is 4.55. The fourth-order valence-corrected chi connectivity index (χ4v) is 3.08. The van der Waals surface area contributed by atoms with E-state index >= 15 is 0 Å². The van der Waals surface area contributed by atoms with Gasteiger partial charge in [0.1, 0.15) is 5.69 Å². The molecule has 0 aromatic carbocycles. The van der Waals surface area contributed by atoms with Crippen LogP contribution in [0.25, 0.3) is 0 Å². The average molecular weight is 320 g/mol. The highest BCUT2D eigenvalue weighted by Crippen LogP contribution is 2.37. The van der Waals surface area contributed by atoms with Crippen LogP contribution in [-0.2, 0) is 14.0 Å². The summed E-state index contributed by atoms with van der Waals surface area (Å²) in [7, 11) is -0.586. The first kappa shape index (κ1) is 16.7. The van der Waals surface area contributed by atoms with Gasteiger partial charge in [-0.3, -0.25) is 4.79 Å². The maximum absolute atomic E-state index is 11.8. The van der Waals surface area contributed by atoms with E-state index in [4.69, 9.17) is 14.0 Å². The molecule has 23 heavy (non-hydrogen) atoms. The minimum Gasteiger partial charge on any atom is -0.399 e. The van der Waals surface area contributed by atoms with E-state index in [0.29, 0.717) is 17.8 Å². The molecule has 0 unspecified atom stereocenters. The van der Waals surface area contributed by atoms with Crippen LogP contribution in [-0.4, -0.2) is 41.0 Å². The summed E-state index contributed by atoms with van der Waals surface area (Å²) in [4.78, 5) is 11.8. The van der Waals surface area contributed by atoms with Gasteiger partial charge < -0.3 is 14.0 Å². The van der Waals surface area contributed by atoms with Gasteiger partial charge in [-0.1, -0.05) is 0 Å². The van der Waals surface area contributed by atoms with Gasteiger partial charge in [0.2, 0.25) is 0 Å². The highest BCUT2D eigenvalue weighted by Gasteiger charge is 2.53. The normalized spacial score (nSPS) is 26.5. The summed E-state index contributed by atoms with van der Waals surface area (Å²) in [6, 6.07) is 0. The van der Waals surface area contributed by atoms with Crippen LogP contribution >= 0.6 is 0 Å². The van der Waals surface area contributed by atoms with E-state index in [0.717, 1.165) is 31.2 Å². The Labute approximate surface area is 137 Å². The van der Waals surface area contributed by atoms with Crippen molar-refractivity contribution in [2.24, 2.45) is 0 Å². The van der Waals surface area contributed by atoms with Gasteiger partial charge in [0.25, 0.3) is 0 Å². The zero-order valence-corrected chi connectivity index (χ0v) is 14.6. The van der Waals surface area contributed by atoms with Gasteiger partial charge in [0, 0.05) is 12.1 Å². The van der Waals surface area contributed by atoms with Crippen LogP contribution in [0.15, 0.2) is 0 Å². The summed E-state index contributed by atoms with van der Waals surface area (Å²) in [5.41, 5.74) is 1.06. The predicted molar refractivity (Wildman–Crippen MR) is 86.9 cm³/mol. The maximum atomic E-state index is 11.8. The SMILES string of the molecule is Cc1nn([C@H]2CCCCO2)c(C=O)c1B1OC(C)(C)C(C)(C)O1. The molecule has 0 aliphatic carbocycles. The molecule has 0 saturated carbocycles. The van der Waals surface area contributed by atoms with Gasteiger partial charge in [0.15, 0.2) is 12.5 Å². The molecular weight excluding hydrogens is 295 g/mol. The number of nitrogens with zero attached hydrogens (tertiary/aromatic N) is 2. The molecule has 1 aromatic rings. The molecule has 1 atom stereocenters. The van der Waals surface area contributed by atoms with Crippen molar-refractivity contribution in [3.63, 3.8) is 0 Å². The Hall–Kier alpha value is -1.18. The summed E-state index contributed by atoms with van der Waals surface area (Å²) in [5.74, 6) is 0. The lowest BCUT2D eigenvalue weighted by atomic mass is 9.77. The smallest absolute Gasteiger partial charge is 0.399 e. The molecule has 6 nitrogen and oxygen atoms in total. The first-order chi connectivity index (χ1) is 10.8. The quantitative estimate of drug-likeness (QED) is 0.630. The van der Waals surface area contributed by atoms with E-state index in [1.165, 1.54) is 0 Å². The number of aromatic nitrogens is 2. The lowest BCUT2D eigenvalue weighted by molar-refractivity contribution is -0.0403. The summed E-state index contributed by atoms with van der Waals surface area (Å²) < 4.78 is 19.7. The highest BCUT2D eigenvalue weighted by atomic mass is 16.7. The van der Waals surface area contributed by atoms with Gasteiger partial charge in [-0.15, -0.1) is 0 Å². The molecular formula is C16H25BN2O4. The van der Waals surface area contributed by atoms with Gasteiger partial charge in [-0.25, -0.2) is 4.68 Å². The number of hydrogen-bond acceptors (Lipinski definition) is 5. The molecule has 0 spiro atoms. The fraction of sp³-hybridized carbons (Fsp3) is 0.750. The van der Waals surface area contributed by atoms with E-state index < -0.39 is 18.3 Å². The predicted octanol–water partition coefficient (Wildman–Crippen LogP) is 2.00. The van der Waals surface area contributed by atoms with E-state index in [9.17, 15) is 4.79 Å². The third-order valence-electron chi connectivity index (χ3n) is 5.20. The lowest BCUT2D eigenvalue weighted by Crippen LogP contribution is -2.41. The minimum absolute atomic E-state index is 0.182. The molecule has 2 aliphatic heterocycles. The van der Waals surface area contributed by atoms with Crippen LogP contribution in [0.3, 0.4) is 0 Å². The van der Waals surface area contributed by atoms with Crippen LogP contribution in [0.4, 0.5) is 0 Å². The molecule has 3 rings (SSSR count). The van der Waals surface area contributed by atoms with Crippen LogP contribution < -0.4 is 5.46 Å². The van der Waals surface area contributed by atoms with Crippen LogP contribution in [0.1, 0.15) is 69.4 Å². The van der Waals surface area contributed by atoms with Crippen molar-refractivity contribution in [1.29, 1.82) is 0 Å². The standard InChI is InChI=1S/C16H25BN2O4/c1-11-14(17-22-15(2,3)16(4,5)23-17)12(10-20)19(18-11)13-8-6-7-9-21-13/h10,13H,6-9H2,1-5H3/t13-/m1/s1. The molecule has 0 N–H and O–H groups in total. The zero-order chi connectivity index (χ0) is 16.8. The minimum atomic E-state index is -0.586. The van der Waals surface area contributed by atoms with Gasteiger partial charge in [-0.2, -0.15) is 5.10 Å². The number of hydrogen-bond donors (Lipinski definition) is 0. The summed E-state index contributed by atoms with van der Waals surface area (Å²) in [6.45, 7) is 10.6. The molecule has 1 aromatic heterocycles. The van der Waals surface area contributed by atoms with E-state index in [1.807, 2.05) is 34.6 Å². The third-order valence-corrected chi connectivity index (χ3v) is 5.20. The van der Waals surface area contributed by atoms with Crippen molar-refractivity contribution in [3.05, 3.63) is 11.4 Å². The van der Waals surface area contributed by atoms with Crippen LogP contribution in [0, 0.1) is 6.92 Å². The molecule has 126 valence electrons. The second-order valence-electron chi connectivity index (χ2n) is 7.36. The van der Waals surface area contributed by atoms with E-state index in [1.54, 1.807) is 4.68 Å². The summed E-state index contributed by atoms with van der Waals surface area (Å²) >= 11 is 0. The Balaban J connectivity index is 1.97. The van der Waals surface area contributed by atoms with E-state index in [-0.39, 0.29) is 6.23 Å². The number of aldehydes is 1. The van der Waals surface area contributed by atoms with E-state index in [2.05, 4.69) is 5.10 Å². The first-order valence-electron chi connectivity index (χ1n) is 8.28. The van der Waals surface area contributed by atoms with Crippen molar-refractivity contribution in [2.45, 2.75) is 71.3 Å². The Morgan fingerprint density at radius 2 is 1.87 bits per heavy atom. The maximum Gasteiger partial charge on any atom is 0.499 e. The molecule has 2 saturated heterocycles. The third kappa shape index (κ3) is 2.75. The number of rotatable bonds is 3. The Morgan fingerprint density at radius 1 is 1.22 bits per heavy atom. The molecule has 7 heteroatoms. The van der Waals surface area contributed by atoms with Gasteiger partial charge in [0.05, 0.1) is 16.9 Å². The molecule has 2 aliphatic rings. The molecule has 0 radical (unpaired) electrons. The van der Waals surface area contributed by atoms with Crippen molar-refractivity contribution in [3.8, 4) is 0 Å². The summed E-state index contributed by atoms with van der Waals surface area (Å²) in [6.07, 6.45) is 3.65. The lowest BCUT2D eigenvalue weighted by Gasteiger charge is -2.32. The molecule has 2 fully saturated rings. The van der Waals surface area contributed by atoms with Crippen molar-refractivity contribution >= 4 is 18.9 Å². The first-order valence-corrected chi connectivity index (χ1v) is 8.28. The highest BCUT2D eigenvalue weighted by molar-refractivity contribution is 6.63. The Bertz CT molecular complexity index is 589. The van der Waals surface area contributed by atoms with Gasteiger partial charge in [-0.05, 0) is 53.9 Å². The number of ether oxygens (including phenoxy) is 1.